The number of imidazole rings is 1. The summed E-state index contributed by atoms with van der Waals surface area (Å²) in [6.45, 7) is 3.61. The summed E-state index contributed by atoms with van der Waals surface area (Å²) < 4.78 is 0. The first-order chi connectivity index (χ1) is 13.4. The molecule has 1 aliphatic heterocycles. The number of nitrogens with one attached hydrogen (secondary N) is 1. The second-order valence-electron chi connectivity index (χ2n) is 6.69. The molecular formula is C21H20N6. The van der Waals surface area contributed by atoms with Crippen LogP contribution in [0, 0.1) is 0 Å². The van der Waals surface area contributed by atoms with Gasteiger partial charge in [-0.2, -0.15) is 0 Å². The first-order valence-electron chi connectivity index (χ1n) is 9.21. The lowest BCUT2D eigenvalue weighted by molar-refractivity contribution is 0.634. The molecule has 4 aromatic rings. The summed E-state index contributed by atoms with van der Waals surface area (Å²) in [4.78, 5) is 12.7. The largest absolute Gasteiger partial charge is 0.352 e. The second-order valence-corrected chi connectivity index (χ2v) is 6.69. The summed E-state index contributed by atoms with van der Waals surface area (Å²) in [5, 5.41) is 8.85. The van der Waals surface area contributed by atoms with E-state index in [1.807, 2.05) is 42.5 Å². The number of anilines is 2. The summed E-state index contributed by atoms with van der Waals surface area (Å²) in [7, 11) is 0. The van der Waals surface area contributed by atoms with Crippen LogP contribution in [0.3, 0.4) is 0 Å². The molecule has 0 saturated carbocycles. The molecule has 0 unspecified atom stereocenters. The molecule has 6 heteroatoms. The average molecular weight is 356 g/mol. The monoisotopic (exact) mass is 356 g/mol. The van der Waals surface area contributed by atoms with Gasteiger partial charge in [0.05, 0.1) is 16.7 Å². The van der Waals surface area contributed by atoms with Crippen molar-refractivity contribution in [2.24, 2.45) is 0 Å². The number of fused-ring (bicyclic) bond motifs is 1. The number of hydrogen-bond acceptors (Lipinski definition) is 5. The van der Waals surface area contributed by atoms with E-state index in [9.17, 15) is 0 Å². The first kappa shape index (κ1) is 15.8. The van der Waals surface area contributed by atoms with Gasteiger partial charge in [-0.1, -0.05) is 42.5 Å². The zero-order valence-electron chi connectivity index (χ0n) is 14.9. The van der Waals surface area contributed by atoms with E-state index in [0.717, 1.165) is 60.2 Å². The minimum Gasteiger partial charge on any atom is -0.352 e. The number of benzene rings is 2. The summed E-state index contributed by atoms with van der Waals surface area (Å²) in [6, 6.07) is 22.4. The Labute approximate surface area is 157 Å². The van der Waals surface area contributed by atoms with Crippen molar-refractivity contribution in [1.82, 2.24) is 20.2 Å². The Morgan fingerprint density at radius 1 is 0.704 bits per heavy atom. The molecule has 0 amide bonds. The Bertz CT molecular complexity index is 1000. The van der Waals surface area contributed by atoms with Crippen molar-refractivity contribution in [1.29, 1.82) is 0 Å². The fourth-order valence-electron chi connectivity index (χ4n) is 3.49. The highest BCUT2D eigenvalue weighted by atomic mass is 15.4. The Balaban J connectivity index is 1.27. The van der Waals surface area contributed by atoms with Crippen molar-refractivity contribution >= 4 is 22.8 Å². The Kier molecular flexibility index (Phi) is 3.93. The summed E-state index contributed by atoms with van der Waals surface area (Å²) in [5.41, 5.74) is 4.08. The van der Waals surface area contributed by atoms with Crippen molar-refractivity contribution < 1.29 is 0 Å². The van der Waals surface area contributed by atoms with Gasteiger partial charge in [0.25, 0.3) is 0 Å². The van der Waals surface area contributed by atoms with Crippen LogP contribution in [0.4, 0.5) is 11.8 Å². The molecule has 0 bridgehead atoms. The van der Waals surface area contributed by atoms with E-state index in [4.69, 9.17) is 4.98 Å². The van der Waals surface area contributed by atoms with Crippen LogP contribution in [0.1, 0.15) is 0 Å². The summed E-state index contributed by atoms with van der Waals surface area (Å²) >= 11 is 0. The standard InChI is InChI=1S/C21H20N6/c1-2-6-16(7-3-1)17-10-11-20(25-24-17)26-12-14-27(15-13-26)21-22-18-8-4-5-9-19(18)23-21/h1-11H,12-15H2,(H,22,23). The molecule has 1 saturated heterocycles. The quantitative estimate of drug-likeness (QED) is 0.610. The molecule has 0 atom stereocenters. The number of piperazine rings is 1. The van der Waals surface area contributed by atoms with Crippen molar-refractivity contribution in [3.8, 4) is 11.3 Å². The van der Waals surface area contributed by atoms with Crippen molar-refractivity contribution in [2.45, 2.75) is 0 Å². The Hall–Kier alpha value is -3.41. The zero-order valence-corrected chi connectivity index (χ0v) is 14.9. The molecular weight excluding hydrogens is 336 g/mol. The lowest BCUT2D eigenvalue weighted by atomic mass is 10.1. The van der Waals surface area contributed by atoms with Crippen LogP contribution >= 0.6 is 0 Å². The van der Waals surface area contributed by atoms with Gasteiger partial charge < -0.3 is 14.8 Å². The predicted molar refractivity (Wildman–Crippen MR) is 108 cm³/mol. The highest BCUT2D eigenvalue weighted by Gasteiger charge is 2.20. The van der Waals surface area contributed by atoms with Gasteiger partial charge in [0.1, 0.15) is 0 Å². The van der Waals surface area contributed by atoms with Gasteiger partial charge in [-0.25, -0.2) is 4.98 Å². The third-order valence-electron chi connectivity index (χ3n) is 5.00. The summed E-state index contributed by atoms with van der Waals surface area (Å²) in [5.74, 6) is 1.88. The van der Waals surface area contributed by atoms with Crippen LogP contribution in [0.5, 0.6) is 0 Å². The number of nitrogens with zero attached hydrogens (tertiary/aromatic N) is 5. The van der Waals surface area contributed by atoms with Gasteiger partial charge >= 0.3 is 0 Å². The second kappa shape index (κ2) is 6.72. The molecule has 134 valence electrons. The van der Waals surface area contributed by atoms with E-state index in [1.54, 1.807) is 0 Å². The molecule has 1 aliphatic rings. The molecule has 2 aromatic carbocycles. The molecule has 0 spiro atoms. The van der Waals surface area contributed by atoms with Crippen LogP contribution < -0.4 is 9.80 Å². The van der Waals surface area contributed by atoms with Gasteiger partial charge in [0.2, 0.25) is 5.95 Å². The van der Waals surface area contributed by atoms with Gasteiger partial charge in [0, 0.05) is 31.7 Å². The Morgan fingerprint density at radius 3 is 2.19 bits per heavy atom. The van der Waals surface area contributed by atoms with E-state index < -0.39 is 0 Å². The number of aromatic amines is 1. The fraction of sp³-hybridized carbons (Fsp3) is 0.190. The molecule has 5 rings (SSSR count). The number of rotatable bonds is 3. The third kappa shape index (κ3) is 3.10. The number of para-hydroxylation sites is 2. The van der Waals surface area contributed by atoms with Gasteiger partial charge in [-0.3, -0.25) is 0 Å². The van der Waals surface area contributed by atoms with Crippen molar-refractivity contribution in [3.05, 3.63) is 66.7 Å². The summed E-state index contributed by atoms with van der Waals surface area (Å²) in [6.07, 6.45) is 0. The molecule has 27 heavy (non-hydrogen) atoms. The smallest absolute Gasteiger partial charge is 0.203 e. The maximum absolute atomic E-state index is 4.70. The topological polar surface area (TPSA) is 60.9 Å². The van der Waals surface area contributed by atoms with Crippen molar-refractivity contribution in [2.75, 3.05) is 36.0 Å². The van der Waals surface area contributed by atoms with Crippen molar-refractivity contribution in [3.63, 3.8) is 0 Å². The molecule has 0 aliphatic carbocycles. The van der Waals surface area contributed by atoms with E-state index in [1.165, 1.54) is 0 Å². The number of H-pyrrole nitrogens is 1. The van der Waals surface area contributed by atoms with Gasteiger partial charge in [-0.05, 0) is 24.3 Å². The average Bonchev–Trinajstić information content (AvgIpc) is 3.19. The van der Waals surface area contributed by atoms with Crippen LogP contribution in [0.2, 0.25) is 0 Å². The fourth-order valence-corrected chi connectivity index (χ4v) is 3.49. The first-order valence-corrected chi connectivity index (χ1v) is 9.21. The normalized spacial score (nSPS) is 14.7. The van der Waals surface area contributed by atoms with Gasteiger partial charge in [-0.15, -0.1) is 10.2 Å². The SMILES string of the molecule is c1ccc(-c2ccc(N3CCN(c4nc5ccccc5[nH]4)CC3)nn2)cc1. The van der Waals surface area contributed by atoms with Crippen LogP contribution in [-0.4, -0.2) is 46.3 Å². The molecule has 1 fully saturated rings. The van der Waals surface area contributed by atoms with E-state index >= 15 is 0 Å². The molecule has 6 nitrogen and oxygen atoms in total. The van der Waals surface area contributed by atoms with E-state index in [2.05, 4.69) is 49.2 Å². The lowest BCUT2D eigenvalue weighted by Crippen LogP contribution is -2.47. The number of hydrogen-bond donors (Lipinski definition) is 1. The maximum atomic E-state index is 4.70. The lowest BCUT2D eigenvalue weighted by Gasteiger charge is -2.35. The van der Waals surface area contributed by atoms with E-state index in [0.29, 0.717) is 0 Å². The molecule has 1 N–H and O–H groups in total. The van der Waals surface area contributed by atoms with Crippen LogP contribution in [0.15, 0.2) is 66.7 Å². The number of aromatic nitrogens is 4. The Morgan fingerprint density at radius 2 is 1.44 bits per heavy atom. The van der Waals surface area contributed by atoms with E-state index in [-0.39, 0.29) is 0 Å². The minimum absolute atomic E-state index is 0.899. The van der Waals surface area contributed by atoms with Crippen LogP contribution in [-0.2, 0) is 0 Å². The molecule has 2 aromatic heterocycles. The predicted octanol–water partition coefficient (Wildman–Crippen LogP) is 3.35. The maximum Gasteiger partial charge on any atom is 0.203 e. The molecule has 3 heterocycles. The third-order valence-corrected chi connectivity index (χ3v) is 5.00. The highest BCUT2D eigenvalue weighted by molar-refractivity contribution is 5.77. The zero-order chi connectivity index (χ0) is 18.1. The van der Waals surface area contributed by atoms with Gasteiger partial charge in [0.15, 0.2) is 5.82 Å². The highest BCUT2D eigenvalue weighted by Crippen LogP contribution is 2.21. The minimum atomic E-state index is 0.899. The van der Waals surface area contributed by atoms with Crippen LogP contribution in [0.25, 0.3) is 22.3 Å². The molecule has 0 radical (unpaired) electrons.